The lowest BCUT2D eigenvalue weighted by molar-refractivity contribution is 0.0218. The third-order valence-electron chi connectivity index (χ3n) is 5.90. The van der Waals surface area contributed by atoms with Crippen molar-refractivity contribution in [2.45, 2.75) is 59.2 Å². The first-order valence-electron chi connectivity index (χ1n) is 12.0. The zero-order chi connectivity index (χ0) is 26.2. The Morgan fingerprint density at radius 3 is 2.39 bits per heavy atom. The Kier molecular flexibility index (Phi) is 6.83. The quantitative estimate of drug-likeness (QED) is 0.543. The molecule has 3 heterocycles. The molecule has 10 nitrogen and oxygen atoms in total. The van der Waals surface area contributed by atoms with Gasteiger partial charge in [-0.2, -0.15) is 5.10 Å². The van der Waals surface area contributed by atoms with Crippen LogP contribution in [0.3, 0.4) is 0 Å². The number of nitrogens with zero attached hydrogens (tertiary/aromatic N) is 7. The number of carbonyl (C=O) groups excluding carboxylic acids is 1. The van der Waals surface area contributed by atoms with Crippen molar-refractivity contribution in [1.82, 2.24) is 29.2 Å². The third-order valence-corrected chi connectivity index (χ3v) is 5.90. The normalized spacial score (nSPS) is 16.5. The van der Waals surface area contributed by atoms with Crippen LogP contribution in [0.1, 0.15) is 47.6 Å². The van der Waals surface area contributed by atoms with Gasteiger partial charge in [0.2, 0.25) is 5.95 Å². The molecule has 0 spiro atoms. The molecule has 11 heteroatoms. The summed E-state index contributed by atoms with van der Waals surface area (Å²) in [6.45, 7) is 12.8. The molecule has 3 aromatic rings. The van der Waals surface area contributed by atoms with E-state index >= 15 is 0 Å². The largest absolute Gasteiger partial charge is 0.444 e. The molecule has 4 rings (SSSR count). The summed E-state index contributed by atoms with van der Waals surface area (Å²) in [6, 6.07) is 4.50. The maximum absolute atomic E-state index is 14.9. The summed E-state index contributed by atoms with van der Waals surface area (Å²) in [5.41, 5.74) is 0.430. The lowest BCUT2D eigenvalue weighted by Gasteiger charge is -2.40. The second kappa shape index (κ2) is 9.71. The SMILES string of the molecule is CC(C)n1ncn(-c2ccc(-c3cnc(N4CCN(C(=O)OC(C)(C)C)C[C@@H]4C)nc3)cc2F)c1=O. The first-order chi connectivity index (χ1) is 16.9. The molecule has 1 aliphatic rings. The van der Waals surface area contributed by atoms with Gasteiger partial charge in [-0.25, -0.2) is 33.2 Å². The van der Waals surface area contributed by atoms with Gasteiger partial charge in [-0.15, -0.1) is 0 Å². The lowest BCUT2D eigenvalue weighted by atomic mass is 10.1. The average molecular weight is 498 g/mol. The minimum absolute atomic E-state index is 0.00101. The Labute approximate surface area is 209 Å². The molecule has 1 aromatic carbocycles. The Bertz CT molecular complexity index is 1290. The summed E-state index contributed by atoms with van der Waals surface area (Å²) in [7, 11) is 0. The molecule has 1 amide bonds. The Morgan fingerprint density at radius 1 is 1.14 bits per heavy atom. The lowest BCUT2D eigenvalue weighted by Crippen LogP contribution is -2.55. The van der Waals surface area contributed by atoms with Crippen LogP contribution in [-0.4, -0.2) is 66.6 Å². The smallest absolute Gasteiger partial charge is 0.410 e. The molecule has 1 fully saturated rings. The molecule has 0 radical (unpaired) electrons. The maximum Gasteiger partial charge on any atom is 0.410 e. The molecule has 1 atom stereocenters. The van der Waals surface area contributed by atoms with Gasteiger partial charge in [0.1, 0.15) is 17.7 Å². The summed E-state index contributed by atoms with van der Waals surface area (Å²) < 4.78 is 22.9. The van der Waals surface area contributed by atoms with Crippen LogP contribution in [0.2, 0.25) is 0 Å². The fraction of sp³-hybridized carbons (Fsp3) is 0.480. The maximum atomic E-state index is 14.9. The fourth-order valence-corrected chi connectivity index (χ4v) is 4.08. The van der Waals surface area contributed by atoms with E-state index in [2.05, 4.69) is 15.1 Å². The highest BCUT2D eigenvalue weighted by Crippen LogP contribution is 2.24. The second-order valence-electron chi connectivity index (χ2n) is 10.2. The van der Waals surface area contributed by atoms with Crippen LogP contribution >= 0.6 is 0 Å². The molecule has 0 bridgehead atoms. The van der Waals surface area contributed by atoms with Gasteiger partial charge in [0.25, 0.3) is 0 Å². The molecule has 192 valence electrons. The second-order valence-corrected chi connectivity index (χ2v) is 10.2. The fourth-order valence-electron chi connectivity index (χ4n) is 4.08. The third kappa shape index (κ3) is 5.24. The minimum atomic E-state index is -0.547. The van der Waals surface area contributed by atoms with Crippen molar-refractivity contribution in [2.24, 2.45) is 0 Å². The summed E-state index contributed by atoms with van der Waals surface area (Å²) in [4.78, 5) is 37.6. The summed E-state index contributed by atoms with van der Waals surface area (Å²) in [6.07, 6.45) is 4.29. The van der Waals surface area contributed by atoms with E-state index in [4.69, 9.17) is 4.74 Å². The Balaban J connectivity index is 1.47. The van der Waals surface area contributed by atoms with Gasteiger partial charge in [-0.3, -0.25) is 0 Å². The van der Waals surface area contributed by atoms with E-state index in [9.17, 15) is 14.0 Å². The molecule has 1 aliphatic heterocycles. The van der Waals surface area contributed by atoms with E-state index in [1.165, 1.54) is 21.6 Å². The highest BCUT2D eigenvalue weighted by atomic mass is 19.1. The molecule has 1 saturated heterocycles. The number of benzene rings is 1. The molecule has 2 aromatic heterocycles. The zero-order valence-electron chi connectivity index (χ0n) is 21.5. The number of aromatic nitrogens is 5. The average Bonchev–Trinajstić information content (AvgIpc) is 3.19. The first kappa shape index (κ1) is 25.3. The number of rotatable bonds is 4. The zero-order valence-corrected chi connectivity index (χ0v) is 21.5. The van der Waals surface area contributed by atoms with E-state index in [-0.39, 0.29) is 23.9 Å². The predicted molar refractivity (Wildman–Crippen MR) is 134 cm³/mol. The molecular formula is C25H32FN7O3. The topological polar surface area (TPSA) is 98.4 Å². The van der Waals surface area contributed by atoms with E-state index in [1.54, 1.807) is 29.4 Å². The number of halogens is 1. The monoisotopic (exact) mass is 497 g/mol. The number of piperazine rings is 1. The highest BCUT2D eigenvalue weighted by Gasteiger charge is 2.31. The van der Waals surface area contributed by atoms with Gasteiger partial charge in [0, 0.05) is 43.6 Å². The summed E-state index contributed by atoms with van der Waals surface area (Å²) in [5, 5.41) is 4.05. The van der Waals surface area contributed by atoms with Crippen LogP contribution in [0.15, 0.2) is 41.7 Å². The number of hydrogen-bond acceptors (Lipinski definition) is 7. The molecule has 36 heavy (non-hydrogen) atoms. The van der Waals surface area contributed by atoms with Crippen LogP contribution in [0.4, 0.5) is 15.1 Å². The molecule has 0 aliphatic carbocycles. The first-order valence-corrected chi connectivity index (χ1v) is 12.0. The standard InChI is InChI=1S/C25H32FN7O3/c1-16(2)33-23(34)32(15-29-33)21-8-7-18(11-20(21)26)19-12-27-22(28-13-19)31-10-9-30(14-17(31)3)24(35)36-25(4,5)6/h7-8,11-13,15-17H,9-10,14H2,1-6H3/t17-/m0/s1. The summed E-state index contributed by atoms with van der Waals surface area (Å²) in [5.74, 6) is -0.00583. The van der Waals surface area contributed by atoms with Crippen LogP contribution in [0.5, 0.6) is 0 Å². The predicted octanol–water partition coefficient (Wildman–Crippen LogP) is 3.66. The number of hydrogen-bond donors (Lipinski definition) is 0. The molecule has 0 N–H and O–H groups in total. The van der Waals surface area contributed by atoms with E-state index in [0.29, 0.717) is 36.7 Å². The molecule has 0 unspecified atom stereocenters. The summed E-state index contributed by atoms with van der Waals surface area (Å²) >= 11 is 0. The van der Waals surface area contributed by atoms with Gasteiger partial charge < -0.3 is 14.5 Å². The molecular weight excluding hydrogens is 465 g/mol. The van der Waals surface area contributed by atoms with Crippen molar-refractivity contribution in [1.29, 1.82) is 0 Å². The van der Waals surface area contributed by atoms with Gasteiger partial charge in [-0.05, 0) is 59.2 Å². The van der Waals surface area contributed by atoms with Crippen molar-refractivity contribution in [2.75, 3.05) is 24.5 Å². The number of ether oxygens (including phenoxy) is 1. The van der Waals surface area contributed by atoms with Crippen molar-refractivity contribution in [3.05, 3.63) is 53.2 Å². The Morgan fingerprint density at radius 2 is 1.83 bits per heavy atom. The van der Waals surface area contributed by atoms with Gasteiger partial charge in [0.05, 0.1) is 11.7 Å². The minimum Gasteiger partial charge on any atom is -0.444 e. The van der Waals surface area contributed by atoms with Crippen LogP contribution < -0.4 is 10.6 Å². The van der Waals surface area contributed by atoms with Crippen LogP contribution in [0.25, 0.3) is 16.8 Å². The highest BCUT2D eigenvalue weighted by molar-refractivity contribution is 5.69. The van der Waals surface area contributed by atoms with E-state index in [1.807, 2.05) is 46.4 Å². The van der Waals surface area contributed by atoms with Gasteiger partial charge in [-0.1, -0.05) is 6.07 Å². The van der Waals surface area contributed by atoms with Crippen molar-refractivity contribution >= 4 is 12.0 Å². The van der Waals surface area contributed by atoms with Crippen LogP contribution in [-0.2, 0) is 4.74 Å². The van der Waals surface area contributed by atoms with Crippen molar-refractivity contribution in [3.63, 3.8) is 0 Å². The number of amides is 1. The number of carbonyl (C=O) groups is 1. The van der Waals surface area contributed by atoms with Gasteiger partial charge >= 0.3 is 11.8 Å². The van der Waals surface area contributed by atoms with Gasteiger partial charge in [0.15, 0.2) is 0 Å². The van der Waals surface area contributed by atoms with Crippen LogP contribution in [0, 0.1) is 5.82 Å². The molecule has 0 saturated carbocycles. The van der Waals surface area contributed by atoms with E-state index < -0.39 is 17.1 Å². The van der Waals surface area contributed by atoms with E-state index in [0.717, 1.165) is 0 Å². The van der Waals surface area contributed by atoms with Crippen molar-refractivity contribution in [3.8, 4) is 16.8 Å². The number of anilines is 1. The van der Waals surface area contributed by atoms with Crippen molar-refractivity contribution < 1.29 is 13.9 Å². The Hall–Kier alpha value is -3.76.